The van der Waals surface area contributed by atoms with Crippen LogP contribution < -0.4 is 0 Å². The van der Waals surface area contributed by atoms with Gasteiger partial charge in [-0.1, -0.05) is 84.0 Å². The van der Waals surface area contributed by atoms with Gasteiger partial charge in [0.2, 0.25) is 0 Å². The van der Waals surface area contributed by atoms with Crippen LogP contribution >= 0.6 is 0 Å². The minimum absolute atomic E-state index is 0.104. The van der Waals surface area contributed by atoms with Crippen molar-refractivity contribution in [2.24, 2.45) is 0 Å². The molecule has 0 N–H and O–H groups in total. The molecule has 2 aromatic carbocycles. The summed E-state index contributed by atoms with van der Waals surface area (Å²) in [5, 5.41) is 0. The summed E-state index contributed by atoms with van der Waals surface area (Å²) in [6.07, 6.45) is 9.65. The van der Waals surface area contributed by atoms with Crippen LogP contribution in [-0.4, -0.2) is 35.5 Å². The lowest BCUT2D eigenvalue weighted by molar-refractivity contribution is -0.224. The first kappa shape index (κ1) is 29.8. The number of allylic oxidation sites excluding steroid dienone is 4. The molecule has 8 nitrogen and oxygen atoms in total. The Kier molecular flexibility index (Phi) is 9.27. The molecule has 0 atom stereocenters. The Hall–Kier alpha value is -4.72. The maximum atomic E-state index is 11.7. The fourth-order valence-electron chi connectivity index (χ4n) is 3.46. The molecule has 2 fully saturated rings. The summed E-state index contributed by atoms with van der Waals surface area (Å²) in [4.78, 5) is 46.7. The molecule has 0 bridgehead atoms. The summed E-state index contributed by atoms with van der Waals surface area (Å²) in [5.74, 6) is -5.07. The Morgan fingerprint density at radius 3 is 1.05 bits per heavy atom. The number of benzene rings is 2. The summed E-state index contributed by atoms with van der Waals surface area (Å²) < 4.78 is 20.0. The fraction of sp³-hybridized carbons (Fsp3) is 0.250. The second-order valence-corrected chi connectivity index (χ2v) is 10.1. The molecule has 0 spiro atoms. The predicted molar refractivity (Wildman–Crippen MR) is 149 cm³/mol. The van der Waals surface area contributed by atoms with E-state index in [2.05, 4.69) is 0 Å². The summed E-state index contributed by atoms with van der Waals surface area (Å²) in [5.41, 5.74) is 4.08. The van der Waals surface area contributed by atoms with E-state index in [-0.39, 0.29) is 11.1 Å². The van der Waals surface area contributed by atoms with Crippen molar-refractivity contribution < 1.29 is 38.1 Å². The van der Waals surface area contributed by atoms with Crippen LogP contribution in [0.4, 0.5) is 0 Å². The number of esters is 4. The van der Waals surface area contributed by atoms with Gasteiger partial charge in [0.15, 0.2) is 0 Å². The molecule has 2 heterocycles. The van der Waals surface area contributed by atoms with E-state index in [0.717, 1.165) is 11.1 Å². The van der Waals surface area contributed by atoms with Crippen molar-refractivity contribution in [2.45, 2.75) is 53.1 Å². The summed E-state index contributed by atoms with van der Waals surface area (Å²) in [7, 11) is 0. The van der Waals surface area contributed by atoms with E-state index >= 15 is 0 Å². The summed E-state index contributed by atoms with van der Waals surface area (Å²) >= 11 is 0. The van der Waals surface area contributed by atoms with Gasteiger partial charge >= 0.3 is 23.9 Å². The van der Waals surface area contributed by atoms with Crippen LogP contribution in [0.25, 0.3) is 12.2 Å². The van der Waals surface area contributed by atoms with Gasteiger partial charge in [0.05, 0.1) is 0 Å². The third kappa shape index (κ3) is 8.66. The molecular formula is C32H32O8. The molecule has 208 valence electrons. The van der Waals surface area contributed by atoms with Crippen LogP contribution in [0.1, 0.15) is 49.9 Å². The maximum Gasteiger partial charge on any atom is 0.348 e. The molecular weight excluding hydrogens is 512 g/mol. The highest BCUT2D eigenvalue weighted by Crippen LogP contribution is 2.23. The first-order valence-electron chi connectivity index (χ1n) is 12.6. The summed E-state index contributed by atoms with van der Waals surface area (Å²) in [6, 6.07) is 15.7. The van der Waals surface area contributed by atoms with Crippen molar-refractivity contribution in [2.75, 3.05) is 0 Å². The quantitative estimate of drug-likeness (QED) is 0.281. The smallest absolute Gasteiger partial charge is 0.348 e. The molecule has 0 amide bonds. The summed E-state index contributed by atoms with van der Waals surface area (Å²) in [6.45, 7) is 10.1. The average molecular weight is 545 g/mol. The van der Waals surface area contributed by atoms with Gasteiger partial charge < -0.3 is 18.9 Å². The van der Waals surface area contributed by atoms with Gasteiger partial charge in [-0.3, -0.25) is 0 Å². The maximum absolute atomic E-state index is 11.7. The van der Waals surface area contributed by atoms with E-state index in [9.17, 15) is 19.2 Å². The second kappa shape index (κ2) is 12.4. The van der Waals surface area contributed by atoms with Crippen molar-refractivity contribution in [3.63, 3.8) is 0 Å². The van der Waals surface area contributed by atoms with Gasteiger partial charge in [0.1, 0.15) is 11.1 Å². The highest BCUT2D eigenvalue weighted by atomic mass is 16.7. The highest BCUT2D eigenvalue weighted by Gasteiger charge is 2.39. The zero-order valence-electron chi connectivity index (χ0n) is 23.3. The van der Waals surface area contributed by atoms with E-state index in [1.165, 1.54) is 51.0 Å². The van der Waals surface area contributed by atoms with E-state index in [4.69, 9.17) is 18.9 Å². The predicted octanol–water partition coefficient (Wildman–Crippen LogP) is 5.54. The molecule has 0 saturated carbocycles. The van der Waals surface area contributed by atoms with E-state index in [1.54, 1.807) is 24.3 Å². The molecule has 0 unspecified atom stereocenters. The van der Waals surface area contributed by atoms with Gasteiger partial charge in [-0.25, -0.2) is 19.2 Å². The van der Waals surface area contributed by atoms with Crippen molar-refractivity contribution >= 4 is 36.0 Å². The minimum Gasteiger partial charge on any atom is -0.419 e. The second-order valence-electron chi connectivity index (χ2n) is 10.1. The van der Waals surface area contributed by atoms with Gasteiger partial charge in [-0.15, -0.1) is 0 Å². The lowest BCUT2D eigenvalue weighted by atomic mass is 10.1. The van der Waals surface area contributed by atoms with Gasteiger partial charge in [0.25, 0.3) is 11.6 Å². The number of aryl methyl sites for hydroxylation is 2. The SMILES string of the molecule is Cc1ccc(/C=C/C=C2C(=O)OC(C)(C)OC2=O)cc1.Cc1ccc(/C=C/C=C2C(=O)OC(C)(C)OC2=O)cc1. The number of carbonyl (C=O) groups excluding carboxylic acids is 4. The molecule has 2 aliphatic rings. The first-order chi connectivity index (χ1) is 18.7. The zero-order valence-corrected chi connectivity index (χ0v) is 23.3. The molecule has 40 heavy (non-hydrogen) atoms. The third-order valence-corrected chi connectivity index (χ3v) is 5.49. The highest BCUT2D eigenvalue weighted by molar-refractivity contribution is 6.16. The van der Waals surface area contributed by atoms with E-state index in [0.29, 0.717) is 0 Å². The molecule has 2 saturated heterocycles. The van der Waals surface area contributed by atoms with Crippen molar-refractivity contribution in [3.8, 4) is 0 Å². The fourth-order valence-corrected chi connectivity index (χ4v) is 3.46. The Morgan fingerprint density at radius 1 is 0.500 bits per heavy atom. The lowest BCUT2D eigenvalue weighted by Crippen LogP contribution is -2.41. The number of hydrogen-bond acceptors (Lipinski definition) is 8. The number of hydrogen-bond donors (Lipinski definition) is 0. The zero-order chi connectivity index (χ0) is 29.5. The number of carbonyl (C=O) groups is 4. The Labute approximate surface area is 233 Å². The third-order valence-electron chi connectivity index (χ3n) is 5.49. The minimum atomic E-state index is -1.20. The molecule has 8 heteroatoms. The van der Waals surface area contributed by atoms with Crippen LogP contribution in [-0.2, 0) is 38.1 Å². The largest absolute Gasteiger partial charge is 0.419 e. The molecule has 0 aromatic heterocycles. The lowest BCUT2D eigenvalue weighted by Gasteiger charge is -2.29. The van der Waals surface area contributed by atoms with Crippen molar-refractivity contribution in [1.82, 2.24) is 0 Å². The number of ether oxygens (including phenoxy) is 4. The van der Waals surface area contributed by atoms with Gasteiger partial charge in [-0.2, -0.15) is 0 Å². The molecule has 4 rings (SSSR count). The van der Waals surface area contributed by atoms with Crippen LogP contribution in [0.15, 0.2) is 84.0 Å². The van der Waals surface area contributed by atoms with Crippen LogP contribution in [0, 0.1) is 13.8 Å². The van der Waals surface area contributed by atoms with Crippen molar-refractivity contribution in [1.29, 1.82) is 0 Å². The van der Waals surface area contributed by atoms with Crippen LogP contribution in [0.3, 0.4) is 0 Å². The average Bonchev–Trinajstić information content (AvgIpc) is 2.84. The van der Waals surface area contributed by atoms with Gasteiger partial charge in [-0.05, 0) is 37.1 Å². The van der Waals surface area contributed by atoms with Crippen molar-refractivity contribution in [3.05, 3.63) is 106 Å². The standard InChI is InChI=1S/2C16H16O4/c2*1-11-7-9-12(10-8-11)5-4-6-13-14(17)19-16(2,3)20-15(13)18/h2*4-10H,1-3H3/b2*5-4+. The first-order valence-corrected chi connectivity index (χ1v) is 12.6. The molecule has 0 radical (unpaired) electrons. The number of rotatable bonds is 4. The van der Waals surface area contributed by atoms with E-state index < -0.39 is 35.5 Å². The topological polar surface area (TPSA) is 105 Å². The number of cyclic esters (lactones) is 4. The van der Waals surface area contributed by atoms with Gasteiger partial charge in [0, 0.05) is 27.7 Å². The Morgan fingerprint density at radius 2 is 0.775 bits per heavy atom. The monoisotopic (exact) mass is 544 g/mol. The van der Waals surface area contributed by atoms with E-state index in [1.807, 2.05) is 62.4 Å². The Balaban J connectivity index is 0.000000220. The normalized spacial score (nSPS) is 17.9. The van der Waals surface area contributed by atoms with Crippen LogP contribution in [0.2, 0.25) is 0 Å². The molecule has 2 aromatic rings. The molecule has 0 aliphatic carbocycles. The Bertz CT molecular complexity index is 1250. The van der Waals surface area contributed by atoms with Crippen LogP contribution in [0.5, 0.6) is 0 Å². The molecule has 2 aliphatic heterocycles.